The molecule has 0 spiro atoms. The van der Waals surface area contributed by atoms with Gasteiger partial charge in [0.1, 0.15) is 6.54 Å². The predicted octanol–water partition coefficient (Wildman–Crippen LogP) is 3.28. The summed E-state index contributed by atoms with van der Waals surface area (Å²) in [6.45, 7) is -0.164. The van der Waals surface area contributed by atoms with Gasteiger partial charge in [0.2, 0.25) is 5.91 Å². The van der Waals surface area contributed by atoms with E-state index >= 15 is 0 Å². The van der Waals surface area contributed by atoms with Crippen molar-refractivity contribution in [3.8, 4) is 0 Å². The number of alkyl halides is 3. The first-order valence-electron chi connectivity index (χ1n) is 9.08. The lowest BCUT2D eigenvalue weighted by molar-refractivity contribution is -0.142. The number of piperidine rings is 1. The molecule has 1 aliphatic carbocycles. The minimum Gasteiger partial charge on any atom is -0.352 e. The number of nitrogens with one attached hydrogen (secondary N) is 1. The van der Waals surface area contributed by atoms with E-state index in [-0.39, 0.29) is 28.9 Å². The van der Waals surface area contributed by atoms with Gasteiger partial charge in [0, 0.05) is 24.0 Å². The molecule has 3 heterocycles. The van der Waals surface area contributed by atoms with Crippen molar-refractivity contribution in [2.45, 2.75) is 75.3 Å². The highest BCUT2D eigenvalue weighted by molar-refractivity contribution is 9.10. The molecule has 1 N–H and O–H groups in total. The number of carbonyl (C=O) groups is 1. The minimum absolute atomic E-state index is 0.0161. The van der Waals surface area contributed by atoms with E-state index in [0.717, 1.165) is 38.5 Å². The van der Waals surface area contributed by atoms with Gasteiger partial charge in [0.25, 0.3) is 0 Å². The van der Waals surface area contributed by atoms with Crippen LogP contribution in [0.1, 0.15) is 55.8 Å². The molecule has 2 unspecified atom stereocenters. The summed E-state index contributed by atoms with van der Waals surface area (Å²) in [5.41, 5.74) is -0.444. The zero-order valence-electron chi connectivity index (χ0n) is 14.5. The molecule has 1 saturated carbocycles. The van der Waals surface area contributed by atoms with Crippen LogP contribution in [0.4, 0.5) is 13.2 Å². The first-order valence-corrected chi connectivity index (χ1v) is 9.88. The molecular formula is C17H22BrF3N4O. The van der Waals surface area contributed by atoms with Crippen LogP contribution in [-0.2, 0) is 17.5 Å². The standard InChI is InChI=1S/C17H22BrF3N4O/c1-24-11-4-5-12(24)7-10(6-11)22-13(26)8-25-15(9-2-3-9)14(18)16(23-25)17(19,20)21/h9-12H,2-8H2,1H3,(H,22,26). The number of fused-ring (bicyclic) bond motifs is 2. The molecule has 1 amide bonds. The van der Waals surface area contributed by atoms with E-state index in [1.807, 2.05) is 0 Å². The molecule has 144 valence electrons. The van der Waals surface area contributed by atoms with Crippen LogP contribution in [0.3, 0.4) is 0 Å². The molecule has 2 atom stereocenters. The second-order valence-electron chi connectivity index (χ2n) is 7.76. The monoisotopic (exact) mass is 434 g/mol. The first kappa shape index (κ1) is 18.3. The fourth-order valence-corrected chi connectivity index (χ4v) is 5.27. The lowest BCUT2D eigenvalue weighted by Crippen LogP contribution is -2.49. The molecule has 4 rings (SSSR count). The van der Waals surface area contributed by atoms with E-state index in [1.54, 1.807) is 0 Å². The van der Waals surface area contributed by atoms with Crippen molar-refractivity contribution in [3.63, 3.8) is 0 Å². The Bertz CT molecular complexity index is 702. The van der Waals surface area contributed by atoms with E-state index in [2.05, 4.69) is 38.3 Å². The van der Waals surface area contributed by atoms with Gasteiger partial charge in [-0.3, -0.25) is 9.48 Å². The molecule has 5 nitrogen and oxygen atoms in total. The lowest BCUT2D eigenvalue weighted by atomic mass is 9.98. The smallest absolute Gasteiger partial charge is 0.352 e. The normalized spacial score (nSPS) is 29.2. The summed E-state index contributed by atoms with van der Waals surface area (Å²) in [5, 5.41) is 6.73. The van der Waals surface area contributed by atoms with Gasteiger partial charge in [-0.25, -0.2) is 0 Å². The number of hydrogen-bond donors (Lipinski definition) is 1. The van der Waals surface area contributed by atoms with Crippen molar-refractivity contribution in [2.75, 3.05) is 7.05 Å². The molecule has 26 heavy (non-hydrogen) atoms. The van der Waals surface area contributed by atoms with Gasteiger partial charge in [-0.2, -0.15) is 18.3 Å². The maximum Gasteiger partial charge on any atom is 0.436 e. The van der Waals surface area contributed by atoms with E-state index in [9.17, 15) is 18.0 Å². The van der Waals surface area contributed by atoms with Gasteiger partial charge in [-0.05, 0) is 61.5 Å². The van der Waals surface area contributed by atoms with E-state index in [1.165, 1.54) is 4.68 Å². The molecule has 9 heteroatoms. The van der Waals surface area contributed by atoms with Crippen molar-refractivity contribution in [1.82, 2.24) is 20.0 Å². The first-order chi connectivity index (χ1) is 12.2. The zero-order valence-corrected chi connectivity index (χ0v) is 16.1. The van der Waals surface area contributed by atoms with Crippen LogP contribution in [0.25, 0.3) is 0 Å². The minimum atomic E-state index is -4.53. The summed E-state index contributed by atoms with van der Waals surface area (Å²) in [7, 11) is 2.13. The Morgan fingerprint density at radius 1 is 1.23 bits per heavy atom. The predicted molar refractivity (Wildman–Crippen MR) is 92.6 cm³/mol. The van der Waals surface area contributed by atoms with E-state index in [4.69, 9.17) is 0 Å². The number of nitrogens with zero attached hydrogens (tertiary/aromatic N) is 3. The Labute approximate surface area is 158 Å². The molecule has 1 aromatic rings. The third-order valence-electron chi connectivity index (χ3n) is 5.92. The van der Waals surface area contributed by atoms with Gasteiger partial charge in [0.05, 0.1) is 10.2 Å². The molecule has 2 saturated heterocycles. The molecular weight excluding hydrogens is 413 g/mol. The van der Waals surface area contributed by atoms with E-state index < -0.39 is 11.9 Å². The topological polar surface area (TPSA) is 50.2 Å². The second-order valence-corrected chi connectivity index (χ2v) is 8.56. The van der Waals surface area contributed by atoms with Crippen LogP contribution in [-0.4, -0.2) is 45.8 Å². The molecule has 0 aromatic carbocycles. The van der Waals surface area contributed by atoms with Crippen LogP contribution < -0.4 is 5.32 Å². The molecule has 2 aliphatic heterocycles. The van der Waals surface area contributed by atoms with Crippen molar-refractivity contribution >= 4 is 21.8 Å². The number of carbonyl (C=O) groups excluding carboxylic acids is 1. The number of hydrogen-bond acceptors (Lipinski definition) is 3. The van der Waals surface area contributed by atoms with Crippen molar-refractivity contribution in [2.24, 2.45) is 0 Å². The van der Waals surface area contributed by atoms with Crippen LogP contribution in [0.2, 0.25) is 0 Å². The second kappa shape index (κ2) is 6.51. The highest BCUT2D eigenvalue weighted by Gasteiger charge is 2.42. The van der Waals surface area contributed by atoms with Gasteiger partial charge in [-0.15, -0.1) is 0 Å². The van der Waals surface area contributed by atoms with E-state index in [0.29, 0.717) is 17.8 Å². The highest BCUT2D eigenvalue weighted by Crippen LogP contribution is 2.47. The summed E-state index contributed by atoms with van der Waals surface area (Å²) in [6, 6.07) is 1.09. The maximum atomic E-state index is 13.2. The Kier molecular flexibility index (Phi) is 4.58. The SMILES string of the molecule is CN1C2CCC1CC(NC(=O)Cn1nc(C(F)(F)F)c(Br)c1C1CC1)C2. The lowest BCUT2D eigenvalue weighted by Gasteiger charge is -2.36. The Hall–Kier alpha value is -1.09. The Balaban J connectivity index is 1.46. The number of amides is 1. The zero-order chi connectivity index (χ0) is 18.6. The third-order valence-corrected chi connectivity index (χ3v) is 6.70. The Morgan fingerprint density at radius 3 is 2.38 bits per heavy atom. The summed E-state index contributed by atoms with van der Waals surface area (Å²) < 4.78 is 40.7. The average molecular weight is 435 g/mol. The van der Waals surface area contributed by atoms with Crippen LogP contribution in [0, 0.1) is 0 Å². The quantitative estimate of drug-likeness (QED) is 0.790. The number of rotatable bonds is 4. The largest absolute Gasteiger partial charge is 0.436 e. The third kappa shape index (κ3) is 3.40. The van der Waals surface area contributed by atoms with Crippen molar-refractivity contribution in [1.29, 1.82) is 0 Å². The number of aromatic nitrogens is 2. The van der Waals surface area contributed by atoms with Crippen molar-refractivity contribution in [3.05, 3.63) is 15.9 Å². The molecule has 3 aliphatic rings. The molecule has 0 radical (unpaired) electrons. The highest BCUT2D eigenvalue weighted by atomic mass is 79.9. The maximum absolute atomic E-state index is 13.2. The van der Waals surface area contributed by atoms with Gasteiger partial charge in [-0.1, -0.05) is 0 Å². The summed E-state index contributed by atoms with van der Waals surface area (Å²) in [5.74, 6) is -0.204. The van der Waals surface area contributed by atoms with Crippen LogP contribution in [0.15, 0.2) is 4.47 Å². The van der Waals surface area contributed by atoms with Crippen LogP contribution in [0.5, 0.6) is 0 Å². The summed E-state index contributed by atoms with van der Waals surface area (Å²) in [4.78, 5) is 14.9. The van der Waals surface area contributed by atoms with Crippen LogP contribution >= 0.6 is 15.9 Å². The Morgan fingerprint density at radius 2 is 1.85 bits per heavy atom. The van der Waals surface area contributed by atoms with Gasteiger partial charge >= 0.3 is 6.18 Å². The van der Waals surface area contributed by atoms with Gasteiger partial charge in [0.15, 0.2) is 5.69 Å². The average Bonchev–Trinajstić information content (AvgIpc) is 3.28. The number of halogens is 4. The fourth-order valence-electron chi connectivity index (χ4n) is 4.44. The van der Waals surface area contributed by atoms with Crippen molar-refractivity contribution < 1.29 is 18.0 Å². The van der Waals surface area contributed by atoms with Gasteiger partial charge < -0.3 is 10.2 Å². The molecule has 3 fully saturated rings. The molecule has 2 bridgehead atoms. The summed E-state index contributed by atoms with van der Waals surface area (Å²) in [6.07, 6.45) is 1.26. The molecule has 1 aromatic heterocycles. The fraction of sp³-hybridized carbons (Fsp3) is 0.765. The summed E-state index contributed by atoms with van der Waals surface area (Å²) >= 11 is 3.06.